The van der Waals surface area contributed by atoms with E-state index < -0.39 is 0 Å². The van der Waals surface area contributed by atoms with Crippen molar-refractivity contribution in [1.82, 2.24) is 20.0 Å². The number of nitrogens with zero attached hydrogens (tertiary/aromatic N) is 4. The van der Waals surface area contributed by atoms with Gasteiger partial charge in [-0.05, 0) is 67.9 Å². The fourth-order valence-corrected chi connectivity index (χ4v) is 4.14. The zero-order valence-corrected chi connectivity index (χ0v) is 17.8. The summed E-state index contributed by atoms with van der Waals surface area (Å²) < 4.78 is 12.1. The molecule has 1 amide bonds. The van der Waals surface area contributed by atoms with Crippen LogP contribution < -0.4 is 4.74 Å². The maximum atomic E-state index is 10.8. The van der Waals surface area contributed by atoms with Gasteiger partial charge in [0, 0.05) is 22.7 Å². The lowest BCUT2D eigenvalue weighted by molar-refractivity contribution is -0.126. The molecule has 0 unspecified atom stereocenters. The molecule has 160 valence electrons. The van der Waals surface area contributed by atoms with Crippen molar-refractivity contribution in [3.05, 3.63) is 53.1 Å². The third-order valence-electron chi connectivity index (χ3n) is 5.75. The minimum Gasteiger partial charge on any atom is -0.487 e. The number of amides is 1. The summed E-state index contributed by atoms with van der Waals surface area (Å²) in [6.45, 7) is 4.24. The highest BCUT2D eigenvalue weighted by Gasteiger charge is 2.27. The van der Waals surface area contributed by atoms with Crippen molar-refractivity contribution in [2.75, 3.05) is 26.2 Å². The quantitative estimate of drug-likeness (QED) is 0.521. The molecule has 3 heterocycles. The lowest BCUT2D eigenvalue weighted by atomic mass is 10.1. The second kappa shape index (κ2) is 8.69. The molecule has 1 aromatic heterocycles. The summed E-state index contributed by atoms with van der Waals surface area (Å²) in [6, 6.07) is 13.3. The summed E-state index contributed by atoms with van der Waals surface area (Å²) in [5, 5.41) is 9.22. The Labute approximate surface area is 185 Å². The lowest BCUT2D eigenvalue weighted by Gasteiger charge is -2.36. The van der Waals surface area contributed by atoms with Crippen LogP contribution in [0, 0.1) is 0 Å². The van der Waals surface area contributed by atoms with Crippen molar-refractivity contribution in [3.63, 3.8) is 0 Å². The van der Waals surface area contributed by atoms with E-state index in [-0.39, 0.29) is 6.10 Å². The topological polar surface area (TPSA) is 71.7 Å². The van der Waals surface area contributed by atoms with Gasteiger partial charge in [0.1, 0.15) is 11.9 Å². The van der Waals surface area contributed by atoms with Crippen LogP contribution >= 0.6 is 11.6 Å². The van der Waals surface area contributed by atoms with E-state index >= 15 is 0 Å². The van der Waals surface area contributed by atoms with E-state index in [9.17, 15) is 4.79 Å². The fraction of sp³-hybridized carbons (Fsp3) is 0.348. The predicted octanol–water partition coefficient (Wildman–Crippen LogP) is 3.87. The number of carbonyl (C=O) groups is 1. The van der Waals surface area contributed by atoms with E-state index in [0.717, 1.165) is 48.5 Å². The SMILES string of the molecule is O=CN1CC(Oc2ccc(CN3CCCC3)c(-c3nnc(-c4ccc(Cl)cc4)o3)c2)C1. The van der Waals surface area contributed by atoms with E-state index in [1.807, 2.05) is 24.3 Å². The Hall–Kier alpha value is -2.90. The van der Waals surface area contributed by atoms with Crippen LogP contribution in [0.15, 0.2) is 46.9 Å². The average molecular weight is 439 g/mol. The molecule has 31 heavy (non-hydrogen) atoms. The number of rotatable bonds is 7. The number of aromatic nitrogens is 2. The van der Waals surface area contributed by atoms with Crippen LogP contribution in [0.25, 0.3) is 22.9 Å². The molecule has 0 spiro atoms. The molecule has 8 heteroatoms. The summed E-state index contributed by atoms with van der Waals surface area (Å²) in [5.41, 5.74) is 2.83. The van der Waals surface area contributed by atoms with Gasteiger partial charge in [-0.25, -0.2) is 0 Å². The molecular formula is C23H23ClN4O3. The third-order valence-corrected chi connectivity index (χ3v) is 6.00. The standard InChI is InChI=1S/C23H23ClN4O3/c24-18-6-3-16(4-7-18)22-25-26-23(31-22)21-11-19(30-20-13-28(14-20)15-29)8-5-17(21)12-27-9-1-2-10-27/h3-8,11,15,20H,1-2,9-10,12-14H2. The van der Waals surface area contributed by atoms with Crippen molar-refractivity contribution in [2.24, 2.45) is 0 Å². The maximum absolute atomic E-state index is 10.8. The van der Waals surface area contributed by atoms with Gasteiger partial charge in [-0.3, -0.25) is 9.69 Å². The van der Waals surface area contributed by atoms with Gasteiger partial charge in [0.05, 0.1) is 13.1 Å². The number of hydrogen-bond donors (Lipinski definition) is 0. The molecule has 0 aliphatic carbocycles. The first-order valence-electron chi connectivity index (χ1n) is 10.5. The van der Waals surface area contributed by atoms with Gasteiger partial charge in [0.15, 0.2) is 0 Å². The van der Waals surface area contributed by atoms with Crippen LogP contribution in [0.3, 0.4) is 0 Å². The molecule has 0 N–H and O–H groups in total. The molecule has 2 aliphatic heterocycles. The molecule has 7 nitrogen and oxygen atoms in total. The molecule has 0 saturated carbocycles. The molecule has 0 radical (unpaired) electrons. The first-order valence-corrected chi connectivity index (χ1v) is 10.9. The molecule has 0 atom stereocenters. The predicted molar refractivity (Wildman–Crippen MR) is 117 cm³/mol. The molecule has 2 aliphatic rings. The van der Waals surface area contributed by atoms with Crippen LogP contribution in [0.5, 0.6) is 5.75 Å². The molecule has 3 aromatic rings. The van der Waals surface area contributed by atoms with Gasteiger partial charge in [-0.2, -0.15) is 0 Å². The van der Waals surface area contributed by atoms with Gasteiger partial charge in [-0.15, -0.1) is 10.2 Å². The largest absolute Gasteiger partial charge is 0.487 e. The number of benzene rings is 2. The molecule has 2 fully saturated rings. The first kappa shape index (κ1) is 20.0. The van der Waals surface area contributed by atoms with Crippen LogP contribution in [-0.4, -0.2) is 58.7 Å². The Morgan fingerprint density at radius 2 is 1.81 bits per heavy atom. The highest BCUT2D eigenvalue weighted by atomic mass is 35.5. The minimum absolute atomic E-state index is 0.00907. The molecule has 0 bridgehead atoms. The number of hydrogen-bond acceptors (Lipinski definition) is 6. The number of likely N-dealkylation sites (tertiary alicyclic amines) is 2. The summed E-state index contributed by atoms with van der Waals surface area (Å²) in [4.78, 5) is 14.9. The van der Waals surface area contributed by atoms with E-state index in [0.29, 0.717) is 29.9 Å². The Kier molecular flexibility index (Phi) is 5.61. The fourth-order valence-electron chi connectivity index (χ4n) is 4.01. The van der Waals surface area contributed by atoms with Crippen molar-refractivity contribution < 1.29 is 13.9 Å². The number of halogens is 1. The number of ether oxygens (including phenoxy) is 1. The third kappa shape index (κ3) is 4.43. The zero-order chi connectivity index (χ0) is 21.2. The number of carbonyl (C=O) groups excluding carboxylic acids is 1. The van der Waals surface area contributed by atoms with Gasteiger partial charge in [0.2, 0.25) is 18.2 Å². The Balaban J connectivity index is 1.43. The average Bonchev–Trinajstić information content (AvgIpc) is 3.44. The van der Waals surface area contributed by atoms with Crippen LogP contribution in [0.4, 0.5) is 0 Å². The summed E-state index contributed by atoms with van der Waals surface area (Å²) in [6.07, 6.45) is 3.32. The maximum Gasteiger partial charge on any atom is 0.248 e. The molecule has 2 saturated heterocycles. The van der Waals surface area contributed by atoms with Crippen molar-refractivity contribution in [3.8, 4) is 28.7 Å². The summed E-state index contributed by atoms with van der Waals surface area (Å²) >= 11 is 5.99. The normalized spacial score (nSPS) is 17.0. The van der Waals surface area contributed by atoms with Crippen LogP contribution in [-0.2, 0) is 11.3 Å². The van der Waals surface area contributed by atoms with Gasteiger partial charge in [0.25, 0.3) is 0 Å². The van der Waals surface area contributed by atoms with E-state index in [1.54, 1.807) is 17.0 Å². The van der Waals surface area contributed by atoms with Crippen molar-refractivity contribution in [1.29, 1.82) is 0 Å². The van der Waals surface area contributed by atoms with E-state index in [4.69, 9.17) is 20.8 Å². The lowest BCUT2D eigenvalue weighted by Crippen LogP contribution is -2.52. The summed E-state index contributed by atoms with van der Waals surface area (Å²) in [5.74, 6) is 1.65. The van der Waals surface area contributed by atoms with E-state index in [1.165, 1.54) is 12.8 Å². The highest BCUT2D eigenvalue weighted by Crippen LogP contribution is 2.32. The summed E-state index contributed by atoms with van der Waals surface area (Å²) in [7, 11) is 0. The Bertz CT molecular complexity index is 1060. The van der Waals surface area contributed by atoms with Crippen molar-refractivity contribution in [2.45, 2.75) is 25.5 Å². The van der Waals surface area contributed by atoms with Gasteiger partial charge < -0.3 is 14.1 Å². The second-order valence-electron chi connectivity index (χ2n) is 8.02. The smallest absolute Gasteiger partial charge is 0.248 e. The molecular weight excluding hydrogens is 416 g/mol. The highest BCUT2D eigenvalue weighted by molar-refractivity contribution is 6.30. The Morgan fingerprint density at radius 1 is 1.06 bits per heavy atom. The Morgan fingerprint density at radius 3 is 2.55 bits per heavy atom. The van der Waals surface area contributed by atoms with Crippen molar-refractivity contribution >= 4 is 18.0 Å². The zero-order valence-electron chi connectivity index (χ0n) is 17.0. The molecule has 2 aromatic carbocycles. The molecule has 5 rings (SSSR count). The monoisotopic (exact) mass is 438 g/mol. The van der Waals surface area contributed by atoms with Crippen LogP contribution in [0.1, 0.15) is 18.4 Å². The van der Waals surface area contributed by atoms with E-state index in [2.05, 4.69) is 21.2 Å². The second-order valence-corrected chi connectivity index (χ2v) is 8.46. The minimum atomic E-state index is 0.00907. The van der Waals surface area contributed by atoms with Gasteiger partial charge >= 0.3 is 0 Å². The van der Waals surface area contributed by atoms with Gasteiger partial charge in [-0.1, -0.05) is 17.7 Å². The first-order chi connectivity index (χ1) is 15.2. The van der Waals surface area contributed by atoms with Crippen LogP contribution in [0.2, 0.25) is 5.02 Å².